The average molecular weight is 308 g/mol. The standard InChI is InChI=1S/C18H28O4/c1-6-15(2,3)13(19)22-18-10-16(4)7-12(21-14(18)20)8-17(5,9-16)11-18/h12H,6-11H2,1-5H3. The fourth-order valence-electron chi connectivity index (χ4n) is 5.12. The molecule has 4 fully saturated rings. The summed E-state index contributed by atoms with van der Waals surface area (Å²) in [4.78, 5) is 25.3. The van der Waals surface area contributed by atoms with Crippen molar-refractivity contribution in [2.75, 3.05) is 0 Å². The zero-order valence-electron chi connectivity index (χ0n) is 14.5. The van der Waals surface area contributed by atoms with Crippen molar-refractivity contribution in [2.24, 2.45) is 16.2 Å². The highest BCUT2D eigenvalue weighted by Crippen LogP contribution is 2.62. The van der Waals surface area contributed by atoms with Crippen molar-refractivity contribution in [3.63, 3.8) is 0 Å². The molecule has 4 heteroatoms. The van der Waals surface area contributed by atoms with E-state index in [1.54, 1.807) is 0 Å². The van der Waals surface area contributed by atoms with E-state index >= 15 is 0 Å². The Kier molecular flexibility index (Phi) is 3.22. The lowest BCUT2D eigenvalue weighted by molar-refractivity contribution is -0.196. The van der Waals surface area contributed by atoms with Crippen LogP contribution in [0.2, 0.25) is 0 Å². The number of hydrogen-bond donors (Lipinski definition) is 0. The molecule has 0 radical (unpaired) electrons. The zero-order valence-corrected chi connectivity index (χ0v) is 14.5. The van der Waals surface area contributed by atoms with Gasteiger partial charge in [0.1, 0.15) is 6.10 Å². The predicted octanol–water partition coefficient (Wildman–Crippen LogP) is 3.62. The molecule has 0 spiro atoms. The number of esters is 2. The van der Waals surface area contributed by atoms with Gasteiger partial charge in [0, 0.05) is 12.8 Å². The van der Waals surface area contributed by atoms with Crippen molar-refractivity contribution in [1.29, 1.82) is 0 Å². The number of fused-ring (bicyclic) bond motifs is 1. The van der Waals surface area contributed by atoms with E-state index in [0.29, 0.717) is 19.3 Å². The summed E-state index contributed by atoms with van der Waals surface area (Å²) in [5.74, 6) is -0.594. The van der Waals surface area contributed by atoms with Gasteiger partial charge in [-0.2, -0.15) is 0 Å². The molecule has 22 heavy (non-hydrogen) atoms. The third kappa shape index (κ3) is 2.35. The maximum Gasteiger partial charge on any atom is 0.350 e. The number of rotatable bonds is 3. The van der Waals surface area contributed by atoms with Crippen LogP contribution in [0.3, 0.4) is 0 Å². The van der Waals surface area contributed by atoms with Crippen LogP contribution >= 0.6 is 0 Å². The van der Waals surface area contributed by atoms with Crippen LogP contribution in [0.4, 0.5) is 0 Å². The lowest BCUT2D eigenvalue weighted by Gasteiger charge is -2.53. The SMILES string of the molecule is CCC(C)(C)C(=O)OC12CC3(C)CC(CC(C)(C3)C1)OC2=O. The summed E-state index contributed by atoms with van der Waals surface area (Å²) in [5.41, 5.74) is -1.59. The Balaban J connectivity index is 1.97. The highest BCUT2D eigenvalue weighted by atomic mass is 16.6. The first kappa shape index (κ1) is 15.8. The van der Waals surface area contributed by atoms with Crippen LogP contribution in [0.25, 0.3) is 0 Å². The zero-order chi connectivity index (χ0) is 16.4. The maximum atomic E-state index is 12.7. The monoisotopic (exact) mass is 308 g/mol. The second kappa shape index (κ2) is 4.48. The van der Waals surface area contributed by atoms with Crippen LogP contribution in [-0.4, -0.2) is 23.6 Å². The van der Waals surface area contributed by atoms with Crippen molar-refractivity contribution >= 4 is 11.9 Å². The lowest BCUT2D eigenvalue weighted by atomic mass is 9.52. The first-order chi connectivity index (χ1) is 10.0. The van der Waals surface area contributed by atoms with E-state index in [1.165, 1.54) is 0 Å². The molecule has 4 nitrogen and oxygen atoms in total. The minimum atomic E-state index is -1.07. The normalized spacial score (nSPS) is 43.7. The highest BCUT2D eigenvalue weighted by molar-refractivity contribution is 5.86. The maximum absolute atomic E-state index is 12.7. The van der Waals surface area contributed by atoms with Crippen LogP contribution in [0.1, 0.15) is 73.1 Å². The third-order valence-electron chi connectivity index (χ3n) is 6.09. The number of carbonyl (C=O) groups excluding carboxylic acids is 2. The largest absolute Gasteiger partial charge is 0.459 e. The van der Waals surface area contributed by atoms with E-state index in [9.17, 15) is 9.59 Å². The summed E-state index contributed by atoms with van der Waals surface area (Å²) in [5, 5.41) is 0. The molecule has 124 valence electrons. The molecule has 2 aliphatic heterocycles. The third-order valence-corrected chi connectivity index (χ3v) is 6.09. The van der Waals surface area contributed by atoms with Crippen LogP contribution in [-0.2, 0) is 19.1 Å². The molecule has 0 aromatic rings. The van der Waals surface area contributed by atoms with Crippen molar-refractivity contribution in [3.8, 4) is 0 Å². The predicted molar refractivity (Wildman–Crippen MR) is 82.1 cm³/mol. The number of hydrogen-bond acceptors (Lipinski definition) is 4. The summed E-state index contributed by atoms with van der Waals surface area (Å²) in [6, 6.07) is 0. The van der Waals surface area contributed by atoms with Crippen molar-refractivity contribution in [2.45, 2.75) is 84.8 Å². The summed E-state index contributed by atoms with van der Waals surface area (Å²) in [6.07, 6.45) is 4.76. The Morgan fingerprint density at radius 2 is 1.77 bits per heavy atom. The van der Waals surface area contributed by atoms with Crippen LogP contribution in [0, 0.1) is 16.2 Å². The van der Waals surface area contributed by atoms with Gasteiger partial charge in [0.15, 0.2) is 0 Å². The van der Waals surface area contributed by atoms with E-state index in [0.717, 1.165) is 19.3 Å². The number of ether oxygens (including phenoxy) is 2. The van der Waals surface area contributed by atoms with Crippen molar-refractivity contribution < 1.29 is 19.1 Å². The van der Waals surface area contributed by atoms with Gasteiger partial charge in [-0.25, -0.2) is 4.79 Å². The molecule has 2 aliphatic carbocycles. The second-order valence-electron chi connectivity index (χ2n) is 9.21. The van der Waals surface area contributed by atoms with Crippen LogP contribution in [0.5, 0.6) is 0 Å². The van der Waals surface area contributed by atoms with Gasteiger partial charge >= 0.3 is 11.9 Å². The summed E-state index contributed by atoms with van der Waals surface area (Å²) in [6.45, 7) is 10.1. The Labute approximate surface area is 132 Å². The molecular weight excluding hydrogens is 280 g/mol. The summed E-state index contributed by atoms with van der Waals surface area (Å²) in [7, 11) is 0. The molecule has 0 amide bonds. The van der Waals surface area contributed by atoms with Crippen LogP contribution in [0.15, 0.2) is 0 Å². The summed E-state index contributed by atoms with van der Waals surface area (Å²) >= 11 is 0. The molecule has 4 rings (SSSR count). The topological polar surface area (TPSA) is 52.6 Å². The fourth-order valence-corrected chi connectivity index (χ4v) is 5.12. The first-order valence-corrected chi connectivity index (χ1v) is 8.46. The van der Waals surface area contributed by atoms with Gasteiger partial charge in [0.2, 0.25) is 5.60 Å². The van der Waals surface area contributed by atoms with Gasteiger partial charge in [-0.05, 0) is 50.4 Å². The molecule has 2 heterocycles. The lowest BCUT2D eigenvalue weighted by Crippen LogP contribution is -2.55. The van der Waals surface area contributed by atoms with E-state index in [-0.39, 0.29) is 28.9 Å². The Hall–Kier alpha value is -1.06. The molecule has 2 unspecified atom stereocenters. The molecule has 0 aromatic heterocycles. The van der Waals surface area contributed by atoms with E-state index in [1.807, 2.05) is 20.8 Å². The second-order valence-corrected chi connectivity index (χ2v) is 9.21. The van der Waals surface area contributed by atoms with E-state index in [2.05, 4.69) is 13.8 Å². The fraction of sp³-hybridized carbons (Fsp3) is 0.889. The van der Waals surface area contributed by atoms with E-state index < -0.39 is 11.0 Å². The molecule has 2 saturated carbocycles. The molecular formula is C18H28O4. The Morgan fingerprint density at radius 3 is 2.27 bits per heavy atom. The van der Waals surface area contributed by atoms with Gasteiger partial charge in [-0.3, -0.25) is 4.79 Å². The minimum absolute atomic E-state index is 0.0153. The van der Waals surface area contributed by atoms with Gasteiger partial charge in [0.25, 0.3) is 0 Å². The Morgan fingerprint density at radius 1 is 1.23 bits per heavy atom. The molecule has 4 aliphatic rings. The van der Waals surface area contributed by atoms with Crippen molar-refractivity contribution in [3.05, 3.63) is 0 Å². The highest BCUT2D eigenvalue weighted by Gasteiger charge is 2.64. The van der Waals surface area contributed by atoms with Gasteiger partial charge < -0.3 is 9.47 Å². The smallest absolute Gasteiger partial charge is 0.350 e. The summed E-state index contributed by atoms with van der Waals surface area (Å²) < 4.78 is 11.6. The molecule has 0 aromatic carbocycles. The van der Waals surface area contributed by atoms with Gasteiger partial charge in [-0.1, -0.05) is 20.8 Å². The van der Waals surface area contributed by atoms with Gasteiger partial charge in [0.05, 0.1) is 5.41 Å². The molecule has 2 saturated heterocycles. The molecule has 0 N–H and O–H groups in total. The van der Waals surface area contributed by atoms with Crippen LogP contribution < -0.4 is 0 Å². The first-order valence-electron chi connectivity index (χ1n) is 8.46. The molecule has 2 atom stereocenters. The number of carbonyl (C=O) groups is 2. The quantitative estimate of drug-likeness (QED) is 0.747. The minimum Gasteiger partial charge on any atom is -0.459 e. The Bertz CT molecular complexity index is 503. The van der Waals surface area contributed by atoms with Crippen molar-refractivity contribution in [1.82, 2.24) is 0 Å². The van der Waals surface area contributed by atoms with Gasteiger partial charge in [-0.15, -0.1) is 0 Å². The molecule has 4 bridgehead atoms. The average Bonchev–Trinajstić information content (AvgIpc) is 2.45. The van der Waals surface area contributed by atoms with E-state index in [4.69, 9.17) is 9.47 Å².